The molecule has 2 N–H and O–H groups in total. The molecule has 0 aliphatic carbocycles. The Hall–Kier alpha value is -1.48. The second-order valence-corrected chi connectivity index (χ2v) is 6.70. The van der Waals surface area contributed by atoms with Crippen LogP contribution in [0.4, 0.5) is 0 Å². The largest absolute Gasteiger partial charge is 0.348 e. The molecule has 1 aliphatic heterocycles. The fourth-order valence-corrected chi connectivity index (χ4v) is 3.49. The third kappa shape index (κ3) is 4.54. The van der Waals surface area contributed by atoms with Gasteiger partial charge in [0, 0.05) is 31.4 Å². The van der Waals surface area contributed by atoms with Crippen molar-refractivity contribution in [1.29, 1.82) is 0 Å². The fourth-order valence-electron chi connectivity index (χ4n) is 2.71. The van der Waals surface area contributed by atoms with E-state index in [0.29, 0.717) is 18.1 Å². The molecule has 0 spiro atoms. The van der Waals surface area contributed by atoms with Gasteiger partial charge in [-0.2, -0.15) is 4.98 Å². The average Bonchev–Trinajstić information content (AvgIpc) is 3.18. The molecule has 9 heteroatoms. The van der Waals surface area contributed by atoms with Crippen LogP contribution >= 0.6 is 23.7 Å². The Bertz CT molecular complexity index is 648. The van der Waals surface area contributed by atoms with E-state index in [-0.39, 0.29) is 30.4 Å². The van der Waals surface area contributed by atoms with E-state index in [4.69, 9.17) is 4.52 Å². The van der Waals surface area contributed by atoms with Crippen LogP contribution in [0.1, 0.15) is 35.6 Å². The first-order valence-corrected chi connectivity index (χ1v) is 8.55. The smallest absolute Gasteiger partial charge is 0.229 e. The number of carbonyl (C=O) groups excluding carboxylic acids is 1. The minimum absolute atomic E-state index is 0. The monoisotopic (exact) mass is 371 g/mol. The first-order valence-electron chi connectivity index (χ1n) is 7.67. The molecule has 0 aromatic carbocycles. The summed E-state index contributed by atoms with van der Waals surface area (Å²) >= 11 is 1.60. The number of halogens is 1. The molecule has 1 fully saturated rings. The number of hydrogen-bond donors (Lipinski definition) is 2. The predicted octanol–water partition coefficient (Wildman–Crippen LogP) is 1.55. The van der Waals surface area contributed by atoms with E-state index < -0.39 is 0 Å². The van der Waals surface area contributed by atoms with Crippen molar-refractivity contribution in [3.63, 3.8) is 0 Å². The molecule has 3 rings (SSSR count). The molecular weight excluding hydrogens is 350 g/mol. The molecule has 7 nitrogen and oxygen atoms in total. The van der Waals surface area contributed by atoms with Crippen LogP contribution < -0.4 is 10.6 Å². The van der Waals surface area contributed by atoms with Crippen LogP contribution in [0.2, 0.25) is 0 Å². The molecule has 2 unspecified atom stereocenters. The summed E-state index contributed by atoms with van der Waals surface area (Å²) in [5.41, 5.74) is 0. The molecule has 0 bridgehead atoms. The lowest BCUT2D eigenvalue weighted by atomic mass is 10.1. The normalized spacial score (nSPS) is 19.5. The van der Waals surface area contributed by atoms with Crippen molar-refractivity contribution in [1.82, 2.24) is 25.7 Å². The highest BCUT2D eigenvalue weighted by Gasteiger charge is 2.26. The van der Waals surface area contributed by atoms with E-state index in [1.807, 2.05) is 17.5 Å². The van der Waals surface area contributed by atoms with Crippen LogP contribution in [-0.4, -0.2) is 47.6 Å². The van der Waals surface area contributed by atoms with Gasteiger partial charge in [-0.05, 0) is 18.5 Å². The number of nitrogens with zero attached hydrogens (tertiary/aromatic N) is 3. The summed E-state index contributed by atoms with van der Waals surface area (Å²) in [4.78, 5) is 19.3. The van der Waals surface area contributed by atoms with Crippen molar-refractivity contribution in [3.8, 4) is 0 Å². The third-order valence-corrected chi connectivity index (χ3v) is 4.92. The number of hydrogen-bond acceptors (Lipinski definition) is 7. The Morgan fingerprint density at radius 1 is 1.62 bits per heavy atom. The van der Waals surface area contributed by atoms with Crippen LogP contribution in [0, 0.1) is 0 Å². The van der Waals surface area contributed by atoms with Gasteiger partial charge in [0.1, 0.15) is 0 Å². The maximum atomic E-state index is 11.4. The van der Waals surface area contributed by atoms with Gasteiger partial charge in [0.25, 0.3) is 0 Å². The second-order valence-electron chi connectivity index (χ2n) is 5.72. The quantitative estimate of drug-likeness (QED) is 0.829. The minimum Gasteiger partial charge on any atom is -0.348 e. The number of thiophene rings is 1. The zero-order chi connectivity index (χ0) is 16.2. The van der Waals surface area contributed by atoms with Gasteiger partial charge in [0.2, 0.25) is 11.8 Å². The Kier molecular flexibility index (Phi) is 6.73. The molecule has 2 atom stereocenters. The zero-order valence-corrected chi connectivity index (χ0v) is 15.3. The highest BCUT2D eigenvalue weighted by atomic mass is 35.5. The number of nitrogens with one attached hydrogen (secondary N) is 2. The molecule has 2 aromatic heterocycles. The van der Waals surface area contributed by atoms with Crippen LogP contribution in [-0.2, 0) is 11.2 Å². The summed E-state index contributed by atoms with van der Waals surface area (Å²) in [6.45, 7) is 4.26. The molecule has 1 saturated heterocycles. The maximum Gasteiger partial charge on any atom is 0.229 e. The number of likely N-dealkylation sites (N-methyl/N-ethyl adjacent to an activating group) is 1. The van der Waals surface area contributed by atoms with E-state index in [0.717, 1.165) is 24.5 Å². The molecular formula is C15H22ClN5O2S. The van der Waals surface area contributed by atoms with Crippen LogP contribution in [0.15, 0.2) is 22.0 Å². The lowest BCUT2D eigenvalue weighted by Crippen LogP contribution is -2.44. The van der Waals surface area contributed by atoms with E-state index in [1.165, 1.54) is 6.92 Å². The predicted molar refractivity (Wildman–Crippen MR) is 94.4 cm³/mol. The van der Waals surface area contributed by atoms with Crippen molar-refractivity contribution in [2.24, 2.45) is 0 Å². The summed E-state index contributed by atoms with van der Waals surface area (Å²) in [6, 6.07) is 3.96. The molecule has 3 heterocycles. The summed E-state index contributed by atoms with van der Waals surface area (Å²) in [7, 11) is 2.06. The summed E-state index contributed by atoms with van der Waals surface area (Å²) in [5, 5.41) is 12.4. The Morgan fingerprint density at radius 3 is 3.12 bits per heavy atom. The fraction of sp³-hybridized carbons (Fsp3) is 0.533. The van der Waals surface area contributed by atoms with E-state index in [9.17, 15) is 4.79 Å². The van der Waals surface area contributed by atoms with Gasteiger partial charge in [-0.15, -0.1) is 23.7 Å². The van der Waals surface area contributed by atoms with Crippen molar-refractivity contribution in [2.45, 2.75) is 25.4 Å². The van der Waals surface area contributed by atoms with Crippen molar-refractivity contribution in [2.75, 3.05) is 26.7 Å². The van der Waals surface area contributed by atoms with E-state index >= 15 is 0 Å². The Balaban J connectivity index is 0.00000208. The topological polar surface area (TPSA) is 83.3 Å². The lowest BCUT2D eigenvalue weighted by molar-refractivity contribution is -0.119. The molecule has 1 amide bonds. The van der Waals surface area contributed by atoms with Gasteiger partial charge in [0.05, 0.1) is 18.5 Å². The highest BCUT2D eigenvalue weighted by Crippen LogP contribution is 2.24. The molecule has 0 radical (unpaired) electrons. The standard InChI is InChI=1S/C15H21N5O2S.ClH/c1-10(21)17-11(13-4-3-7-23-13)8-14-18-15(19-22-14)12-9-16-5-6-20(12)2;/h3-4,7,11-12,16H,5-6,8-9H2,1-2H3,(H,17,21);1H. The number of rotatable bonds is 5. The van der Waals surface area contributed by atoms with Crippen molar-refractivity contribution < 1.29 is 9.32 Å². The van der Waals surface area contributed by atoms with Gasteiger partial charge >= 0.3 is 0 Å². The highest BCUT2D eigenvalue weighted by molar-refractivity contribution is 7.10. The number of amides is 1. The van der Waals surface area contributed by atoms with Crippen LogP contribution in [0.3, 0.4) is 0 Å². The first-order chi connectivity index (χ1) is 11.1. The average molecular weight is 372 g/mol. The number of aromatic nitrogens is 2. The first kappa shape index (κ1) is 18.9. The Morgan fingerprint density at radius 2 is 2.46 bits per heavy atom. The molecule has 0 saturated carbocycles. The second kappa shape index (κ2) is 8.57. The summed E-state index contributed by atoms with van der Waals surface area (Å²) < 4.78 is 5.41. The van der Waals surface area contributed by atoms with Crippen LogP contribution in [0.25, 0.3) is 0 Å². The third-order valence-electron chi connectivity index (χ3n) is 3.94. The summed E-state index contributed by atoms with van der Waals surface area (Å²) in [6.07, 6.45) is 0.497. The molecule has 1 aliphatic rings. The van der Waals surface area contributed by atoms with Gasteiger partial charge in [-0.3, -0.25) is 9.69 Å². The van der Waals surface area contributed by atoms with Gasteiger partial charge in [0.15, 0.2) is 5.82 Å². The van der Waals surface area contributed by atoms with E-state index in [1.54, 1.807) is 11.3 Å². The number of carbonyl (C=O) groups is 1. The van der Waals surface area contributed by atoms with E-state index in [2.05, 4.69) is 32.7 Å². The SMILES string of the molecule is CC(=O)NC(Cc1nc(C2CNCCN2C)no1)c1cccs1.Cl. The zero-order valence-electron chi connectivity index (χ0n) is 13.7. The molecule has 2 aromatic rings. The maximum absolute atomic E-state index is 11.4. The molecule has 132 valence electrons. The van der Waals surface area contributed by atoms with Crippen molar-refractivity contribution in [3.05, 3.63) is 34.1 Å². The lowest BCUT2D eigenvalue weighted by Gasteiger charge is -2.30. The van der Waals surface area contributed by atoms with Crippen molar-refractivity contribution >= 4 is 29.7 Å². The minimum atomic E-state index is -0.136. The Labute approximate surface area is 151 Å². The van der Waals surface area contributed by atoms with Gasteiger partial charge in [-0.25, -0.2) is 0 Å². The molecule has 24 heavy (non-hydrogen) atoms. The summed E-state index contributed by atoms with van der Waals surface area (Å²) in [5.74, 6) is 1.17. The van der Waals surface area contributed by atoms with Crippen LogP contribution in [0.5, 0.6) is 0 Å². The number of piperazine rings is 1. The van der Waals surface area contributed by atoms with Gasteiger partial charge in [-0.1, -0.05) is 11.2 Å². The van der Waals surface area contributed by atoms with Gasteiger partial charge < -0.3 is 15.2 Å².